The Bertz CT molecular complexity index is 869. The van der Waals surface area contributed by atoms with Gasteiger partial charge in [-0.2, -0.15) is 4.55 Å². The number of aliphatic hydroxyl groups is 1. The van der Waals surface area contributed by atoms with E-state index in [1.807, 2.05) is 0 Å². The first-order valence-electron chi connectivity index (χ1n) is 15.1. The van der Waals surface area contributed by atoms with Crippen molar-refractivity contribution in [2.24, 2.45) is 5.92 Å². The van der Waals surface area contributed by atoms with E-state index in [9.17, 15) is 24.0 Å². The summed E-state index contributed by atoms with van der Waals surface area (Å²) in [5.41, 5.74) is 0.166. The first-order valence-corrected chi connectivity index (χ1v) is 18.4. The van der Waals surface area contributed by atoms with Crippen LogP contribution in [0.3, 0.4) is 0 Å². The Kier molecular flexibility index (Phi) is 15.1. The minimum atomic E-state index is -0.816. The Balaban J connectivity index is 1.30. The smallest absolute Gasteiger partial charge is 0.359 e. The molecule has 0 aromatic heterocycles. The van der Waals surface area contributed by atoms with Gasteiger partial charge in [-0.3, -0.25) is 14.5 Å². The first-order chi connectivity index (χ1) is 19.3. The van der Waals surface area contributed by atoms with Crippen LogP contribution in [0.25, 0.3) is 0 Å². The lowest BCUT2D eigenvalue weighted by Crippen LogP contribution is -2.60. The number of hydrogen-bond acceptors (Lipinski definition) is 9. The van der Waals surface area contributed by atoms with Gasteiger partial charge in [0, 0.05) is 12.8 Å². The normalized spacial score (nSPS) is 24.7. The summed E-state index contributed by atoms with van der Waals surface area (Å²) in [7, 11) is 0. The number of rotatable bonds is 20. The third-order valence-corrected chi connectivity index (χ3v) is 12.3. The molecule has 40 heavy (non-hydrogen) atoms. The van der Waals surface area contributed by atoms with E-state index in [1.54, 1.807) is 6.92 Å². The number of carbonyl (C=O) groups is 3. The molecule has 0 spiro atoms. The molecule has 0 radical (unpaired) electrons. The van der Waals surface area contributed by atoms with Gasteiger partial charge in [-0.05, 0) is 13.3 Å². The summed E-state index contributed by atoms with van der Waals surface area (Å²) in [6.45, 7) is 3.34. The van der Waals surface area contributed by atoms with Crippen molar-refractivity contribution in [2.45, 2.75) is 127 Å². The van der Waals surface area contributed by atoms with E-state index < -0.39 is 41.9 Å². The van der Waals surface area contributed by atoms with Crippen LogP contribution in [0.1, 0.15) is 110 Å². The van der Waals surface area contributed by atoms with Crippen LogP contribution in [0.2, 0.25) is 0 Å². The molecule has 1 unspecified atom stereocenters. The van der Waals surface area contributed by atoms with Crippen molar-refractivity contribution < 1.29 is 33.5 Å². The lowest BCUT2D eigenvalue weighted by Gasteiger charge is -2.43. The van der Waals surface area contributed by atoms with E-state index in [0.717, 1.165) is 31.4 Å². The van der Waals surface area contributed by atoms with Crippen molar-refractivity contribution in [3.05, 3.63) is 9.93 Å². The van der Waals surface area contributed by atoms with Crippen LogP contribution in [-0.4, -0.2) is 67.4 Å². The van der Waals surface area contributed by atoms with Gasteiger partial charge in [0.2, 0.25) is 12.7 Å². The molecule has 2 saturated heterocycles. The van der Waals surface area contributed by atoms with Crippen LogP contribution < -0.4 is 0 Å². The zero-order valence-corrected chi connectivity index (χ0v) is 26.6. The second-order valence-corrected chi connectivity index (χ2v) is 15.4. The van der Waals surface area contributed by atoms with E-state index in [2.05, 4.69) is 6.92 Å². The highest BCUT2D eigenvalue weighted by Gasteiger charge is 2.58. The number of β-lactam (4-membered cyclic amide) rings is 1. The molecule has 8 nitrogen and oxygen atoms in total. The molecular formula is C29H48NO7S3+. The molecule has 0 saturated carbocycles. The molecule has 0 aromatic carbocycles. The quantitative estimate of drug-likeness (QED) is 0.0542. The molecule has 3 rings (SSSR count). The maximum Gasteiger partial charge on any atom is 0.359 e. The second-order valence-electron chi connectivity index (χ2n) is 11.0. The summed E-state index contributed by atoms with van der Waals surface area (Å²) in [5.74, 6) is -0.569. The fourth-order valence-corrected chi connectivity index (χ4v) is 10.6. The van der Waals surface area contributed by atoms with Gasteiger partial charge in [0.25, 0.3) is 0 Å². The van der Waals surface area contributed by atoms with Gasteiger partial charge < -0.3 is 14.6 Å². The Morgan fingerprint density at radius 3 is 2.17 bits per heavy atom. The summed E-state index contributed by atoms with van der Waals surface area (Å²) in [6, 6.07) is 0. The lowest BCUT2D eigenvalue weighted by atomic mass is 9.92. The molecule has 2 N–H and O–H groups in total. The van der Waals surface area contributed by atoms with Gasteiger partial charge >= 0.3 is 11.9 Å². The minimum Gasteiger partial charge on any atom is -0.428 e. The topological polar surface area (TPSA) is 113 Å². The molecule has 228 valence electrons. The van der Waals surface area contributed by atoms with Crippen LogP contribution in [0, 0.1) is 5.92 Å². The zero-order chi connectivity index (χ0) is 28.9. The molecule has 3 aliphatic rings. The van der Waals surface area contributed by atoms with Crippen molar-refractivity contribution in [3.8, 4) is 0 Å². The molecular weight excluding hydrogens is 571 g/mol. The standard InChI is InChI=1S/C29H48NO7S3/c1-3-4-5-6-7-8-9-10-11-12-13-14-15-16-23(32)36-20-37-28(34)25-29(38-22-17-18-40(35)19-22)39-27-24(21(2)31)26(33)30(25)27/h21-22,24,27,31,35H,3-20H2,1-2H3/q+1/t21-,22+,24+,27-,40?/m1/s1. The molecule has 5 atom stereocenters. The fourth-order valence-electron chi connectivity index (χ4n) is 5.29. The number of unbranched alkanes of at least 4 members (excludes halogenated alkanes) is 12. The van der Waals surface area contributed by atoms with Crippen molar-refractivity contribution >= 4 is 52.5 Å². The zero-order valence-electron chi connectivity index (χ0n) is 24.1. The summed E-state index contributed by atoms with van der Waals surface area (Å²) in [5, 5.41) is 9.84. The van der Waals surface area contributed by atoms with Gasteiger partial charge in [0.1, 0.15) is 22.3 Å². The average molecular weight is 619 g/mol. The van der Waals surface area contributed by atoms with Gasteiger partial charge in [0.15, 0.2) is 11.4 Å². The SMILES string of the molecule is CCCCCCCCCCCCCCCC(=O)OCOC(=O)C1=C(S[C@H]2CC[S+](O)C2)S[C@@H]2[C@@H]([C@@H](C)O)C(=O)N12. The molecule has 0 aromatic rings. The van der Waals surface area contributed by atoms with Crippen LogP contribution >= 0.6 is 23.5 Å². The van der Waals surface area contributed by atoms with E-state index >= 15 is 0 Å². The molecule has 0 aliphatic carbocycles. The number of carbonyl (C=O) groups excluding carboxylic acids is 3. The summed E-state index contributed by atoms with van der Waals surface area (Å²) in [6.07, 6.45) is 16.3. The van der Waals surface area contributed by atoms with E-state index in [4.69, 9.17) is 9.47 Å². The van der Waals surface area contributed by atoms with Crippen LogP contribution in [-0.2, 0) is 35.0 Å². The highest BCUT2D eigenvalue weighted by molar-refractivity contribution is 8.23. The Hall–Kier alpha value is -0.880. The molecule has 1 amide bonds. The fraction of sp³-hybridized carbons (Fsp3) is 0.828. The third-order valence-electron chi connectivity index (χ3n) is 7.68. The number of fused-ring (bicyclic) bond motifs is 1. The summed E-state index contributed by atoms with van der Waals surface area (Å²) < 4.78 is 21.0. The number of thioether (sulfide) groups is 2. The molecule has 3 heterocycles. The van der Waals surface area contributed by atoms with Gasteiger partial charge in [0.05, 0.1) is 21.5 Å². The number of aliphatic hydroxyl groups excluding tert-OH is 1. The highest BCUT2D eigenvalue weighted by Crippen LogP contribution is 2.55. The maximum absolute atomic E-state index is 13.0. The number of nitrogens with zero attached hydrogens (tertiary/aromatic N) is 1. The van der Waals surface area contributed by atoms with Gasteiger partial charge in [-0.25, -0.2) is 4.79 Å². The molecule has 3 aliphatic heterocycles. The van der Waals surface area contributed by atoms with Crippen molar-refractivity contribution in [1.29, 1.82) is 0 Å². The van der Waals surface area contributed by atoms with Gasteiger partial charge in [-0.15, -0.1) is 11.8 Å². The monoisotopic (exact) mass is 618 g/mol. The third kappa shape index (κ3) is 10.1. The summed E-state index contributed by atoms with van der Waals surface area (Å²) >= 11 is 2.27. The van der Waals surface area contributed by atoms with Crippen LogP contribution in [0.15, 0.2) is 9.93 Å². The van der Waals surface area contributed by atoms with E-state index in [0.29, 0.717) is 16.4 Å². The van der Waals surface area contributed by atoms with Crippen molar-refractivity contribution in [2.75, 3.05) is 18.3 Å². The first kappa shape index (κ1) is 33.6. The van der Waals surface area contributed by atoms with Crippen LogP contribution in [0.5, 0.6) is 0 Å². The summed E-state index contributed by atoms with van der Waals surface area (Å²) in [4.78, 5) is 39.2. The van der Waals surface area contributed by atoms with Crippen molar-refractivity contribution in [3.63, 3.8) is 0 Å². The molecule has 2 fully saturated rings. The number of ether oxygens (including phenoxy) is 2. The largest absolute Gasteiger partial charge is 0.428 e. The Morgan fingerprint density at radius 2 is 1.62 bits per heavy atom. The van der Waals surface area contributed by atoms with E-state index in [-0.39, 0.29) is 22.2 Å². The number of hydrogen-bond donors (Lipinski definition) is 2. The Labute approximate surface area is 251 Å². The minimum absolute atomic E-state index is 0.163. The highest BCUT2D eigenvalue weighted by atomic mass is 32.2. The predicted octanol–water partition coefficient (Wildman–Crippen LogP) is 6.19. The number of esters is 2. The number of amides is 1. The van der Waals surface area contributed by atoms with E-state index in [1.165, 1.54) is 92.6 Å². The Morgan fingerprint density at radius 1 is 1.02 bits per heavy atom. The lowest BCUT2D eigenvalue weighted by molar-refractivity contribution is -0.169. The maximum atomic E-state index is 13.0. The predicted molar refractivity (Wildman–Crippen MR) is 164 cm³/mol. The van der Waals surface area contributed by atoms with Crippen molar-refractivity contribution in [1.82, 2.24) is 4.90 Å². The molecule has 0 bridgehead atoms. The average Bonchev–Trinajstić information content (AvgIpc) is 3.47. The molecule has 11 heteroatoms. The van der Waals surface area contributed by atoms with Gasteiger partial charge in [-0.1, -0.05) is 95.7 Å². The van der Waals surface area contributed by atoms with Crippen LogP contribution in [0.4, 0.5) is 0 Å². The second kappa shape index (κ2) is 17.9.